The zero-order valence-electron chi connectivity index (χ0n) is 19.4. The van der Waals surface area contributed by atoms with Crippen LogP contribution >= 0.6 is 22.9 Å². The lowest BCUT2D eigenvalue weighted by Crippen LogP contribution is -2.19. The molecular weight excluding hydrogens is 496 g/mol. The summed E-state index contributed by atoms with van der Waals surface area (Å²) < 4.78 is 5.52. The number of ether oxygens (including phenoxy) is 1. The summed E-state index contributed by atoms with van der Waals surface area (Å²) in [5, 5.41) is 13.4. The van der Waals surface area contributed by atoms with E-state index in [1.807, 2.05) is 66.7 Å². The minimum Gasteiger partial charge on any atom is -0.481 e. The number of rotatable bonds is 7. The average molecular weight is 519 g/mol. The molecule has 0 unspecified atom stereocenters. The molecule has 1 heterocycles. The van der Waals surface area contributed by atoms with Crippen molar-refractivity contribution in [3.05, 3.63) is 94.5 Å². The first kappa shape index (κ1) is 24.0. The van der Waals surface area contributed by atoms with E-state index in [4.69, 9.17) is 16.3 Å². The molecule has 0 radical (unpaired) electrons. The van der Waals surface area contributed by atoms with Crippen LogP contribution in [0.3, 0.4) is 0 Å². The molecule has 4 aromatic rings. The van der Waals surface area contributed by atoms with E-state index in [9.17, 15) is 14.7 Å². The lowest BCUT2D eigenvalue weighted by molar-refractivity contribution is -0.140. The Labute approximate surface area is 217 Å². The number of nitrogens with one attached hydrogen (secondary N) is 1. The third kappa shape index (κ3) is 4.72. The number of halogens is 1. The summed E-state index contributed by atoms with van der Waals surface area (Å²) in [5.74, 6) is -0.755. The number of amides is 1. The van der Waals surface area contributed by atoms with Crippen molar-refractivity contribution < 1.29 is 19.4 Å². The highest BCUT2D eigenvalue weighted by Gasteiger charge is 2.51. The van der Waals surface area contributed by atoms with E-state index in [2.05, 4.69) is 10.3 Å². The van der Waals surface area contributed by atoms with Crippen molar-refractivity contribution >= 4 is 40.0 Å². The molecule has 0 aliphatic heterocycles. The van der Waals surface area contributed by atoms with Gasteiger partial charge < -0.3 is 9.84 Å². The van der Waals surface area contributed by atoms with Gasteiger partial charge in [0, 0.05) is 16.1 Å². The first-order valence-electron chi connectivity index (χ1n) is 11.5. The standard InChI is InChI=1S/C28H23ClN2O4S/c1-17(22-4-2-3-5-23(22)29)35-27(34)31-25-24(30-16-36-25)20-8-6-18(7-9-20)19-10-12-21(13-11-19)28(14-15-28)26(32)33/h2-13,16-17H,14-15H2,1H3,(H,31,34)(H,32,33)/t17-/m1/s1. The Bertz CT molecular complexity index is 1410. The van der Waals surface area contributed by atoms with Crippen molar-refractivity contribution in [2.45, 2.75) is 31.3 Å². The molecule has 2 N–H and O–H groups in total. The third-order valence-electron chi connectivity index (χ3n) is 6.50. The van der Waals surface area contributed by atoms with Crippen LogP contribution in [0.15, 0.2) is 78.3 Å². The highest BCUT2D eigenvalue weighted by atomic mass is 35.5. The van der Waals surface area contributed by atoms with Crippen molar-refractivity contribution in [3.63, 3.8) is 0 Å². The van der Waals surface area contributed by atoms with Gasteiger partial charge in [-0.3, -0.25) is 10.1 Å². The van der Waals surface area contributed by atoms with Gasteiger partial charge in [0.05, 0.1) is 10.9 Å². The van der Waals surface area contributed by atoms with Gasteiger partial charge >= 0.3 is 12.1 Å². The van der Waals surface area contributed by atoms with Crippen LogP contribution < -0.4 is 5.32 Å². The maximum Gasteiger partial charge on any atom is 0.412 e. The second-order valence-corrected chi connectivity index (χ2v) is 10.0. The van der Waals surface area contributed by atoms with Gasteiger partial charge in [-0.1, -0.05) is 78.3 Å². The van der Waals surface area contributed by atoms with Gasteiger partial charge in [0.1, 0.15) is 16.8 Å². The molecule has 1 aliphatic carbocycles. The highest BCUT2D eigenvalue weighted by molar-refractivity contribution is 7.14. The maximum atomic E-state index is 12.5. The number of anilines is 1. The predicted octanol–water partition coefficient (Wildman–Crippen LogP) is 7.56. The van der Waals surface area contributed by atoms with E-state index in [0.29, 0.717) is 28.6 Å². The number of thiazole rings is 1. The Hall–Kier alpha value is -3.68. The van der Waals surface area contributed by atoms with E-state index >= 15 is 0 Å². The predicted molar refractivity (Wildman–Crippen MR) is 142 cm³/mol. The maximum absolute atomic E-state index is 12.5. The van der Waals surface area contributed by atoms with Crippen LogP contribution in [0, 0.1) is 0 Å². The fourth-order valence-corrected chi connectivity index (χ4v) is 5.22. The zero-order chi connectivity index (χ0) is 25.3. The van der Waals surface area contributed by atoms with Crippen molar-refractivity contribution in [2.75, 3.05) is 5.32 Å². The summed E-state index contributed by atoms with van der Waals surface area (Å²) >= 11 is 7.52. The number of carboxylic acid groups (broad SMARTS) is 1. The number of hydrogen-bond donors (Lipinski definition) is 2. The van der Waals surface area contributed by atoms with Crippen LogP contribution in [0.1, 0.15) is 37.0 Å². The number of aromatic nitrogens is 1. The van der Waals surface area contributed by atoms with E-state index < -0.39 is 23.6 Å². The molecular formula is C28H23ClN2O4S. The Kier molecular flexibility index (Phi) is 6.51. The van der Waals surface area contributed by atoms with Crippen molar-refractivity contribution in [3.8, 4) is 22.4 Å². The second-order valence-electron chi connectivity index (χ2n) is 8.77. The third-order valence-corrected chi connectivity index (χ3v) is 7.58. The average Bonchev–Trinajstić information content (AvgIpc) is 3.58. The minimum atomic E-state index is -0.755. The molecule has 5 rings (SSSR count). The molecule has 1 fully saturated rings. The van der Waals surface area contributed by atoms with Crippen molar-refractivity contribution in [2.24, 2.45) is 0 Å². The summed E-state index contributed by atoms with van der Waals surface area (Å²) in [6, 6.07) is 22.8. The highest BCUT2D eigenvalue weighted by Crippen LogP contribution is 2.48. The number of carboxylic acids is 1. The second kappa shape index (κ2) is 9.76. The summed E-state index contributed by atoms with van der Waals surface area (Å²) in [6.45, 7) is 1.77. The van der Waals surface area contributed by atoms with Gasteiger partial charge in [0.2, 0.25) is 0 Å². The molecule has 8 heteroatoms. The lowest BCUT2D eigenvalue weighted by Gasteiger charge is -2.15. The molecule has 1 aromatic heterocycles. The van der Waals surface area contributed by atoms with E-state index in [0.717, 1.165) is 27.8 Å². The smallest absolute Gasteiger partial charge is 0.412 e. The molecule has 6 nitrogen and oxygen atoms in total. The van der Waals surface area contributed by atoms with Gasteiger partial charge in [-0.15, -0.1) is 11.3 Å². The van der Waals surface area contributed by atoms with Crippen LogP contribution in [0.25, 0.3) is 22.4 Å². The Morgan fingerprint density at radius 1 is 1.00 bits per heavy atom. The molecule has 36 heavy (non-hydrogen) atoms. The van der Waals surface area contributed by atoms with Gasteiger partial charge in [0.25, 0.3) is 0 Å². The van der Waals surface area contributed by atoms with Gasteiger partial charge in [-0.05, 0) is 42.5 Å². The Morgan fingerprint density at radius 2 is 1.61 bits per heavy atom. The summed E-state index contributed by atoms with van der Waals surface area (Å²) in [5.41, 5.74) is 6.06. The monoisotopic (exact) mass is 518 g/mol. The normalized spacial score (nSPS) is 14.6. The first-order valence-corrected chi connectivity index (χ1v) is 12.7. The van der Waals surface area contributed by atoms with Crippen molar-refractivity contribution in [1.29, 1.82) is 0 Å². The molecule has 0 spiro atoms. The number of hydrogen-bond acceptors (Lipinski definition) is 5. The fourth-order valence-electron chi connectivity index (χ4n) is 4.24. The van der Waals surface area contributed by atoms with Gasteiger partial charge in [-0.2, -0.15) is 0 Å². The first-order chi connectivity index (χ1) is 17.4. The summed E-state index contributed by atoms with van der Waals surface area (Å²) in [7, 11) is 0. The number of benzene rings is 3. The van der Waals surface area contributed by atoms with Crippen molar-refractivity contribution in [1.82, 2.24) is 4.98 Å². The van der Waals surface area contributed by atoms with Gasteiger partial charge in [-0.25, -0.2) is 9.78 Å². The molecule has 1 aliphatic rings. The quantitative estimate of drug-likeness (QED) is 0.263. The van der Waals surface area contributed by atoms with Crippen LogP contribution in [0.4, 0.5) is 9.80 Å². The number of nitrogens with zero attached hydrogens (tertiary/aromatic N) is 1. The van der Waals surface area contributed by atoms with E-state index in [-0.39, 0.29) is 0 Å². The SMILES string of the molecule is C[C@@H](OC(=O)Nc1scnc1-c1ccc(-c2ccc(C3(C(=O)O)CC3)cc2)cc1)c1ccccc1Cl. The van der Waals surface area contributed by atoms with Crippen LogP contribution in [0.5, 0.6) is 0 Å². The van der Waals surface area contributed by atoms with Crippen LogP contribution in [0.2, 0.25) is 5.02 Å². The Morgan fingerprint density at radius 3 is 2.22 bits per heavy atom. The van der Waals surface area contributed by atoms with E-state index in [1.165, 1.54) is 11.3 Å². The molecule has 182 valence electrons. The summed E-state index contributed by atoms with van der Waals surface area (Å²) in [4.78, 5) is 28.5. The summed E-state index contributed by atoms with van der Waals surface area (Å²) in [6.07, 6.45) is 0.283. The number of carbonyl (C=O) groups excluding carboxylic acids is 1. The molecule has 0 bridgehead atoms. The number of carbonyl (C=O) groups is 2. The fraction of sp³-hybridized carbons (Fsp3) is 0.179. The lowest BCUT2D eigenvalue weighted by atomic mass is 9.93. The topological polar surface area (TPSA) is 88.5 Å². The molecule has 1 saturated carbocycles. The molecule has 1 amide bonds. The van der Waals surface area contributed by atoms with E-state index in [1.54, 1.807) is 18.5 Å². The number of aliphatic carboxylic acids is 1. The molecule has 1 atom stereocenters. The Balaban J connectivity index is 1.27. The largest absolute Gasteiger partial charge is 0.481 e. The van der Waals surface area contributed by atoms with Crippen LogP contribution in [-0.4, -0.2) is 22.2 Å². The molecule has 0 saturated heterocycles. The molecule has 3 aromatic carbocycles. The van der Waals surface area contributed by atoms with Crippen LogP contribution in [-0.2, 0) is 14.9 Å². The zero-order valence-corrected chi connectivity index (χ0v) is 21.0. The van der Waals surface area contributed by atoms with Gasteiger partial charge in [0.15, 0.2) is 0 Å². The minimum absolute atomic E-state index is 0.508.